The van der Waals surface area contributed by atoms with Crippen LogP contribution in [0.1, 0.15) is 26.7 Å². The zero-order valence-corrected chi connectivity index (χ0v) is 15.2. The second-order valence-corrected chi connectivity index (χ2v) is 8.04. The van der Waals surface area contributed by atoms with E-state index in [1.165, 1.54) is 18.5 Å². The van der Waals surface area contributed by atoms with Crippen molar-refractivity contribution in [3.8, 4) is 6.01 Å². The number of benzene rings is 1. The number of rotatable bonds is 4. The van der Waals surface area contributed by atoms with Crippen LogP contribution in [-0.2, 0) is 11.3 Å². The summed E-state index contributed by atoms with van der Waals surface area (Å²) in [6, 6.07) is 6.41. The van der Waals surface area contributed by atoms with E-state index in [-0.39, 0.29) is 12.2 Å². The van der Waals surface area contributed by atoms with Gasteiger partial charge in [0, 0.05) is 28.9 Å². The van der Waals surface area contributed by atoms with Crippen LogP contribution in [0, 0.1) is 11.3 Å². The zero-order valence-electron chi connectivity index (χ0n) is 15.2. The molecule has 1 aliphatic carbocycles. The number of aliphatic imine (C=N–C) groups is 1. The molecule has 5 rings (SSSR count). The lowest BCUT2D eigenvalue weighted by Gasteiger charge is -2.25. The first kappa shape index (κ1) is 15.9. The molecule has 136 valence electrons. The summed E-state index contributed by atoms with van der Waals surface area (Å²) in [5.41, 5.74) is 10.0. The highest BCUT2D eigenvalue weighted by atomic mass is 16.6. The number of hydrogen-bond donors (Lipinski definition) is 1. The standard InChI is InChI=1S/C20H24N4O2/c1-12-7-18(20(2)5-6-20)22-9-17(12)25-11-14-10-24-16-4-3-13(21)8-15(16)23-19(24)26-14/h3-4,7-9,12,14,17H,5-6,10-11,21H2,1-2H3/t12?,14-,17?/m0/s1. The van der Waals surface area contributed by atoms with E-state index >= 15 is 0 Å². The second-order valence-electron chi connectivity index (χ2n) is 8.04. The van der Waals surface area contributed by atoms with Gasteiger partial charge < -0.3 is 15.2 Å². The number of anilines is 1. The fourth-order valence-corrected chi connectivity index (χ4v) is 3.76. The molecular weight excluding hydrogens is 328 g/mol. The lowest BCUT2D eigenvalue weighted by atomic mass is 9.95. The molecule has 0 radical (unpaired) electrons. The van der Waals surface area contributed by atoms with Crippen LogP contribution >= 0.6 is 0 Å². The van der Waals surface area contributed by atoms with Crippen molar-refractivity contribution in [2.24, 2.45) is 16.3 Å². The zero-order chi connectivity index (χ0) is 17.9. The van der Waals surface area contributed by atoms with E-state index in [4.69, 9.17) is 15.2 Å². The maximum absolute atomic E-state index is 6.11. The smallest absolute Gasteiger partial charge is 0.297 e. The predicted octanol–water partition coefficient (Wildman–Crippen LogP) is 3.17. The first-order valence-electron chi connectivity index (χ1n) is 9.32. The molecule has 2 aliphatic heterocycles. The van der Waals surface area contributed by atoms with Crippen molar-refractivity contribution in [1.29, 1.82) is 0 Å². The Morgan fingerprint density at radius 1 is 1.38 bits per heavy atom. The molecule has 26 heavy (non-hydrogen) atoms. The minimum Gasteiger partial charge on any atom is -0.457 e. The quantitative estimate of drug-likeness (QED) is 0.858. The molecule has 3 heterocycles. The highest BCUT2D eigenvalue weighted by Gasteiger charge is 2.42. The summed E-state index contributed by atoms with van der Waals surface area (Å²) in [4.78, 5) is 9.19. The van der Waals surface area contributed by atoms with Gasteiger partial charge in [-0.3, -0.25) is 9.56 Å². The molecule has 2 unspecified atom stereocenters. The molecule has 0 spiro atoms. The molecule has 2 aromatic rings. The maximum atomic E-state index is 6.11. The summed E-state index contributed by atoms with van der Waals surface area (Å²) in [6.45, 7) is 5.75. The monoisotopic (exact) mass is 352 g/mol. The largest absolute Gasteiger partial charge is 0.457 e. The van der Waals surface area contributed by atoms with E-state index < -0.39 is 0 Å². The molecule has 1 aromatic heterocycles. The van der Waals surface area contributed by atoms with Crippen molar-refractivity contribution in [3.63, 3.8) is 0 Å². The van der Waals surface area contributed by atoms with Crippen LogP contribution in [0.4, 0.5) is 5.69 Å². The number of fused-ring (bicyclic) bond motifs is 3. The second kappa shape index (κ2) is 5.58. The molecule has 0 bridgehead atoms. The lowest BCUT2D eigenvalue weighted by molar-refractivity contribution is 0.0226. The number of allylic oxidation sites excluding steroid dienone is 1. The maximum Gasteiger partial charge on any atom is 0.297 e. The number of nitrogen functional groups attached to an aromatic ring is 1. The van der Waals surface area contributed by atoms with Gasteiger partial charge in [0.15, 0.2) is 0 Å². The molecule has 1 fully saturated rings. The van der Waals surface area contributed by atoms with Crippen molar-refractivity contribution in [3.05, 3.63) is 30.0 Å². The molecule has 0 amide bonds. The Hall–Kier alpha value is -2.34. The molecule has 6 nitrogen and oxygen atoms in total. The van der Waals surface area contributed by atoms with Gasteiger partial charge in [0.1, 0.15) is 6.10 Å². The Labute approximate surface area is 152 Å². The highest BCUT2D eigenvalue weighted by Crippen LogP contribution is 2.52. The van der Waals surface area contributed by atoms with E-state index in [9.17, 15) is 0 Å². The van der Waals surface area contributed by atoms with Crippen molar-refractivity contribution < 1.29 is 9.47 Å². The average molecular weight is 352 g/mol. The van der Waals surface area contributed by atoms with Crippen LogP contribution in [0.25, 0.3) is 11.0 Å². The lowest BCUT2D eigenvalue weighted by Crippen LogP contribution is -2.31. The van der Waals surface area contributed by atoms with E-state index in [0.717, 1.165) is 17.6 Å². The van der Waals surface area contributed by atoms with E-state index in [2.05, 4.69) is 34.5 Å². The Balaban J connectivity index is 1.22. The highest BCUT2D eigenvalue weighted by molar-refractivity contribution is 5.80. The SMILES string of the molecule is CC1C=C(C2(C)CC2)N=CC1OC[C@@H]1Cn2c(nc3cc(N)ccc32)O1. The normalized spacial score (nSPS) is 28.7. The van der Waals surface area contributed by atoms with Gasteiger partial charge in [-0.2, -0.15) is 4.98 Å². The minimum atomic E-state index is -0.0219. The molecular formula is C20H24N4O2. The van der Waals surface area contributed by atoms with E-state index in [0.29, 0.717) is 29.6 Å². The van der Waals surface area contributed by atoms with Gasteiger partial charge in [0.2, 0.25) is 0 Å². The van der Waals surface area contributed by atoms with Gasteiger partial charge in [-0.15, -0.1) is 0 Å². The summed E-state index contributed by atoms with van der Waals surface area (Å²) in [5.74, 6) is 0.335. The molecule has 2 N–H and O–H groups in total. The van der Waals surface area contributed by atoms with Gasteiger partial charge in [-0.25, -0.2) is 0 Å². The number of nitrogens with zero attached hydrogens (tertiary/aromatic N) is 3. The van der Waals surface area contributed by atoms with E-state index in [1.807, 2.05) is 24.4 Å². The summed E-state index contributed by atoms with van der Waals surface area (Å²) in [6.07, 6.45) is 6.72. The Morgan fingerprint density at radius 3 is 3.00 bits per heavy atom. The van der Waals surface area contributed by atoms with Gasteiger partial charge in [0.05, 0.1) is 30.3 Å². The van der Waals surface area contributed by atoms with Crippen molar-refractivity contribution in [2.75, 3.05) is 12.3 Å². The van der Waals surface area contributed by atoms with Gasteiger partial charge in [-0.05, 0) is 31.0 Å². The summed E-state index contributed by atoms with van der Waals surface area (Å²) in [7, 11) is 0. The molecule has 1 aromatic carbocycles. The summed E-state index contributed by atoms with van der Waals surface area (Å²) in [5, 5.41) is 0. The third kappa shape index (κ3) is 2.60. The van der Waals surface area contributed by atoms with Crippen LogP contribution in [0.3, 0.4) is 0 Å². The Kier molecular flexibility index (Phi) is 3.41. The number of nitrogens with two attached hydrogens (primary N) is 1. The number of imidazole rings is 1. The Bertz CT molecular complexity index is 925. The average Bonchev–Trinajstić information content (AvgIpc) is 3.10. The molecule has 3 aliphatic rings. The van der Waals surface area contributed by atoms with Crippen molar-refractivity contribution >= 4 is 22.9 Å². The number of hydrogen-bond acceptors (Lipinski definition) is 5. The van der Waals surface area contributed by atoms with Gasteiger partial charge in [0.25, 0.3) is 6.01 Å². The number of aromatic nitrogens is 2. The fraction of sp³-hybridized carbons (Fsp3) is 0.500. The van der Waals surface area contributed by atoms with Gasteiger partial charge in [-0.1, -0.05) is 19.9 Å². The van der Waals surface area contributed by atoms with Crippen LogP contribution in [0.2, 0.25) is 0 Å². The molecule has 1 saturated carbocycles. The summed E-state index contributed by atoms with van der Waals surface area (Å²) >= 11 is 0. The molecule has 3 atom stereocenters. The summed E-state index contributed by atoms with van der Waals surface area (Å²) < 4.78 is 14.2. The van der Waals surface area contributed by atoms with Gasteiger partial charge >= 0.3 is 0 Å². The Morgan fingerprint density at radius 2 is 2.23 bits per heavy atom. The first-order chi connectivity index (χ1) is 12.5. The third-order valence-corrected chi connectivity index (χ3v) is 5.79. The van der Waals surface area contributed by atoms with Crippen LogP contribution in [0.5, 0.6) is 6.01 Å². The third-order valence-electron chi connectivity index (χ3n) is 5.79. The van der Waals surface area contributed by atoms with Crippen LogP contribution in [-0.4, -0.2) is 34.6 Å². The van der Waals surface area contributed by atoms with Crippen molar-refractivity contribution in [2.45, 2.75) is 45.4 Å². The van der Waals surface area contributed by atoms with Crippen LogP contribution < -0.4 is 10.5 Å². The molecule has 6 heteroatoms. The van der Waals surface area contributed by atoms with E-state index in [1.54, 1.807) is 0 Å². The van der Waals surface area contributed by atoms with Crippen molar-refractivity contribution in [1.82, 2.24) is 9.55 Å². The molecule has 0 saturated heterocycles. The fourth-order valence-electron chi connectivity index (χ4n) is 3.76. The van der Waals surface area contributed by atoms with Crippen LogP contribution in [0.15, 0.2) is 35.0 Å². The predicted molar refractivity (Wildman–Crippen MR) is 101 cm³/mol. The number of ether oxygens (including phenoxy) is 2. The minimum absolute atomic E-state index is 0.00849. The first-order valence-corrected chi connectivity index (χ1v) is 9.32. The topological polar surface area (TPSA) is 74.7 Å².